The Kier molecular flexibility index (Phi) is 1.24. The van der Waals surface area contributed by atoms with Gasteiger partial charge in [0.25, 0.3) is 0 Å². The van der Waals surface area contributed by atoms with E-state index < -0.39 is 6.29 Å². The first-order valence-corrected chi connectivity index (χ1v) is 5.34. The van der Waals surface area contributed by atoms with Gasteiger partial charge in [0.05, 0.1) is 12.7 Å². The van der Waals surface area contributed by atoms with Crippen molar-refractivity contribution in [3.63, 3.8) is 0 Å². The summed E-state index contributed by atoms with van der Waals surface area (Å²) in [5.74, 6) is 1.86. The molecule has 0 amide bonds. The van der Waals surface area contributed by atoms with Crippen molar-refractivity contribution in [2.75, 3.05) is 6.61 Å². The summed E-state index contributed by atoms with van der Waals surface area (Å²) in [5, 5.41) is 0. The van der Waals surface area contributed by atoms with Gasteiger partial charge in [-0.25, -0.2) is 0 Å². The van der Waals surface area contributed by atoms with Crippen LogP contribution in [0.2, 0.25) is 0 Å². The molecule has 0 aromatic rings. The van der Waals surface area contributed by atoms with Gasteiger partial charge in [0.15, 0.2) is 5.78 Å². The third-order valence-corrected chi connectivity index (χ3v) is 4.22. The van der Waals surface area contributed by atoms with Gasteiger partial charge in [-0.1, -0.05) is 12.2 Å². The highest BCUT2D eigenvalue weighted by molar-refractivity contribution is 5.87. The number of rotatable bonds is 0. The SMILES string of the molecule is O=C1[C@H]2OC[C@@H](O2)[C@H]2[C@H]1[C@H]1C=C[C@H]2C1. The molecule has 4 rings (SSSR count). The van der Waals surface area contributed by atoms with Crippen molar-refractivity contribution < 1.29 is 14.3 Å². The molecule has 3 nitrogen and oxygen atoms in total. The highest BCUT2D eigenvalue weighted by Gasteiger charge is 2.59. The quantitative estimate of drug-likeness (QED) is 0.531. The van der Waals surface area contributed by atoms with Gasteiger partial charge in [0.2, 0.25) is 6.29 Å². The molecular formula is C11H12O3. The largest absolute Gasteiger partial charge is 0.343 e. The maximum Gasteiger partial charge on any atom is 0.218 e. The number of carbonyl (C=O) groups excluding carboxylic acids is 1. The molecule has 4 bridgehead atoms. The van der Waals surface area contributed by atoms with Crippen molar-refractivity contribution in [2.45, 2.75) is 18.8 Å². The summed E-state index contributed by atoms with van der Waals surface area (Å²) in [7, 11) is 0. The highest BCUT2D eigenvalue weighted by atomic mass is 16.7. The van der Waals surface area contributed by atoms with E-state index in [0.717, 1.165) is 6.42 Å². The Bertz CT molecular complexity index is 335. The van der Waals surface area contributed by atoms with Crippen LogP contribution < -0.4 is 0 Å². The smallest absolute Gasteiger partial charge is 0.218 e. The van der Waals surface area contributed by atoms with Crippen molar-refractivity contribution in [3.05, 3.63) is 12.2 Å². The van der Waals surface area contributed by atoms with Crippen LogP contribution in [-0.4, -0.2) is 24.8 Å². The highest BCUT2D eigenvalue weighted by Crippen LogP contribution is 2.54. The van der Waals surface area contributed by atoms with E-state index in [-0.39, 0.29) is 17.8 Å². The molecule has 0 aromatic heterocycles. The predicted octanol–water partition coefficient (Wildman–Crippen LogP) is 0.749. The molecule has 0 aromatic carbocycles. The molecule has 4 aliphatic rings. The summed E-state index contributed by atoms with van der Waals surface area (Å²) in [6.45, 7) is 0.620. The normalized spacial score (nSPS) is 58.1. The summed E-state index contributed by atoms with van der Waals surface area (Å²) >= 11 is 0. The average molecular weight is 192 g/mol. The monoisotopic (exact) mass is 192 g/mol. The third-order valence-electron chi connectivity index (χ3n) is 4.22. The van der Waals surface area contributed by atoms with Gasteiger partial charge in [-0.2, -0.15) is 0 Å². The minimum Gasteiger partial charge on any atom is -0.343 e. The third kappa shape index (κ3) is 0.708. The molecule has 0 N–H and O–H groups in total. The molecule has 0 spiro atoms. The van der Waals surface area contributed by atoms with Crippen molar-refractivity contribution in [1.82, 2.24) is 0 Å². The van der Waals surface area contributed by atoms with E-state index in [9.17, 15) is 4.79 Å². The molecule has 2 aliphatic heterocycles. The van der Waals surface area contributed by atoms with Gasteiger partial charge in [0, 0.05) is 11.8 Å². The standard InChI is InChI=1S/C11H12O3/c12-10-9-6-2-1-5(3-6)8(9)7-4-13-11(10)14-7/h1-2,5-9,11H,3-4H2/t5-,6-,7+,8-,9+,11-/m0/s1. The Morgan fingerprint density at radius 1 is 1.29 bits per heavy atom. The Labute approximate surface area is 82.1 Å². The van der Waals surface area contributed by atoms with Crippen LogP contribution in [0.5, 0.6) is 0 Å². The van der Waals surface area contributed by atoms with Crippen molar-refractivity contribution >= 4 is 5.78 Å². The lowest BCUT2D eigenvalue weighted by Crippen LogP contribution is -2.45. The first-order valence-electron chi connectivity index (χ1n) is 5.34. The molecule has 0 unspecified atom stereocenters. The molecule has 3 heteroatoms. The maximum absolute atomic E-state index is 12.0. The molecule has 1 saturated carbocycles. The minimum absolute atomic E-state index is 0.183. The topological polar surface area (TPSA) is 35.5 Å². The molecule has 3 fully saturated rings. The van der Waals surface area contributed by atoms with Crippen molar-refractivity contribution in [1.29, 1.82) is 0 Å². The number of hydrogen-bond donors (Lipinski definition) is 0. The van der Waals surface area contributed by atoms with Gasteiger partial charge in [-0.15, -0.1) is 0 Å². The van der Waals surface area contributed by atoms with E-state index in [1.807, 2.05) is 0 Å². The second-order valence-corrected chi connectivity index (χ2v) is 4.79. The summed E-state index contributed by atoms with van der Waals surface area (Å²) in [6.07, 6.45) is 5.29. The van der Waals surface area contributed by atoms with Crippen LogP contribution in [0.25, 0.3) is 0 Å². The van der Waals surface area contributed by atoms with Crippen LogP contribution in [0.15, 0.2) is 12.2 Å². The summed E-state index contributed by atoms with van der Waals surface area (Å²) in [5.41, 5.74) is 0. The first kappa shape index (κ1) is 7.60. The molecule has 2 saturated heterocycles. The van der Waals surface area contributed by atoms with E-state index in [1.165, 1.54) is 0 Å². The lowest BCUT2D eigenvalue weighted by molar-refractivity contribution is -0.166. The molecule has 0 radical (unpaired) electrons. The van der Waals surface area contributed by atoms with Gasteiger partial charge < -0.3 is 9.47 Å². The van der Waals surface area contributed by atoms with E-state index in [0.29, 0.717) is 24.4 Å². The van der Waals surface area contributed by atoms with Gasteiger partial charge >= 0.3 is 0 Å². The number of Topliss-reactive ketones (excluding diaryl/α,β-unsaturated/α-hetero) is 1. The number of fused-ring (bicyclic) bond motifs is 8. The Hall–Kier alpha value is -0.670. The number of carbonyl (C=O) groups is 1. The molecule has 2 heterocycles. The average Bonchev–Trinajstić information content (AvgIpc) is 2.89. The van der Waals surface area contributed by atoms with Crippen LogP contribution in [0.4, 0.5) is 0 Å². The summed E-state index contributed by atoms with van der Waals surface area (Å²) in [4.78, 5) is 12.0. The Morgan fingerprint density at radius 3 is 3.07 bits per heavy atom. The van der Waals surface area contributed by atoms with Crippen molar-refractivity contribution in [2.24, 2.45) is 23.7 Å². The van der Waals surface area contributed by atoms with Crippen LogP contribution in [0, 0.1) is 23.7 Å². The van der Waals surface area contributed by atoms with Gasteiger partial charge in [-0.3, -0.25) is 4.79 Å². The molecular weight excluding hydrogens is 180 g/mol. The van der Waals surface area contributed by atoms with Gasteiger partial charge in [0.1, 0.15) is 0 Å². The number of hydrogen-bond acceptors (Lipinski definition) is 3. The second kappa shape index (κ2) is 2.28. The molecule has 2 aliphatic carbocycles. The Balaban J connectivity index is 1.81. The predicted molar refractivity (Wildman–Crippen MR) is 47.3 cm³/mol. The van der Waals surface area contributed by atoms with Crippen LogP contribution in [-0.2, 0) is 14.3 Å². The zero-order valence-corrected chi connectivity index (χ0v) is 7.76. The van der Waals surface area contributed by atoms with Gasteiger partial charge in [-0.05, 0) is 18.3 Å². The molecule has 74 valence electrons. The lowest BCUT2D eigenvalue weighted by atomic mass is 9.76. The van der Waals surface area contributed by atoms with Crippen molar-refractivity contribution in [3.8, 4) is 0 Å². The first-order chi connectivity index (χ1) is 6.84. The fraction of sp³-hybridized carbons (Fsp3) is 0.727. The summed E-state index contributed by atoms with van der Waals surface area (Å²) in [6, 6.07) is 0. The fourth-order valence-corrected chi connectivity index (χ4v) is 3.70. The molecule has 14 heavy (non-hydrogen) atoms. The van der Waals surface area contributed by atoms with E-state index in [2.05, 4.69) is 12.2 Å². The van der Waals surface area contributed by atoms with Crippen LogP contribution in [0.3, 0.4) is 0 Å². The van der Waals surface area contributed by atoms with E-state index in [1.54, 1.807) is 0 Å². The summed E-state index contributed by atoms with van der Waals surface area (Å²) < 4.78 is 10.9. The van der Waals surface area contributed by atoms with E-state index >= 15 is 0 Å². The molecule has 6 atom stereocenters. The second-order valence-electron chi connectivity index (χ2n) is 4.79. The lowest BCUT2D eigenvalue weighted by Gasteiger charge is -2.34. The zero-order valence-electron chi connectivity index (χ0n) is 7.76. The maximum atomic E-state index is 12.0. The van der Waals surface area contributed by atoms with Crippen LogP contribution in [0.1, 0.15) is 6.42 Å². The number of ketones is 1. The minimum atomic E-state index is -0.533. The number of ether oxygens (including phenoxy) is 2. The fourth-order valence-electron chi connectivity index (χ4n) is 3.70. The zero-order chi connectivity index (χ0) is 9.28. The number of allylic oxidation sites excluding steroid dienone is 2. The Morgan fingerprint density at radius 2 is 2.14 bits per heavy atom. The van der Waals surface area contributed by atoms with E-state index in [4.69, 9.17) is 9.47 Å². The van der Waals surface area contributed by atoms with Crippen LogP contribution >= 0.6 is 0 Å².